The summed E-state index contributed by atoms with van der Waals surface area (Å²) in [6.45, 7) is 15.7. The molecule has 0 aromatic carbocycles. The summed E-state index contributed by atoms with van der Waals surface area (Å²) in [7, 11) is 0. The minimum Gasteiger partial charge on any atom is -0.459 e. The highest BCUT2D eigenvalue weighted by Gasteiger charge is 2.37. The van der Waals surface area contributed by atoms with Gasteiger partial charge in [0.2, 0.25) is 0 Å². The van der Waals surface area contributed by atoms with E-state index in [-0.39, 0.29) is 11.9 Å². The first-order valence-corrected chi connectivity index (χ1v) is 5.88. The van der Waals surface area contributed by atoms with Gasteiger partial charge in [-0.2, -0.15) is 0 Å². The monoisotopic (exact) mass is 226 g/mol. The molecule has 0 heterocycles. The first-order valence-electron chi connectivity index (χ1n) is 5.88. The highest BCUT2D eigenvalue weighted by atomic mass is 16.6. The molecule has 0 aliphatic rings. The maximum Gasteiger partial charge on any atom is 0.316 e. The Morgan fingerprint density at radius 3 is 1.81 bits per heavy atom. The van der Waals surface area contributed by atoms with Crippen molar-refractivity contribution in [2.24, 2.45) is 11.3 Å². The van der Waals surface area contributed by atoms with E-state index in [9.17, 15) is 4.79 Å². The van der Waals surface area contributed by atoms with Crippen molar-refractivity contribution in [2.75, 3.05) is 0 Å². The van der Waals surface area contributed by atoms with Crippen LogP contribution in [0, 0.1) is 11.3 Å². The van der Waals surface area contributed by atoms with Gasteiger partial charge in [0.1, 0.15) is 5.60 Å². The van der Waals surface area contributed by atoms with E-state index in [0.717, 1.165) is 5.57 Å². The molecular weight excluding hydrogens is 200 g/mol. The summed E-state index contributed by atoms with van der Waals surface area (Å²) in [6, 6.07) is 0. The first-order chi connectivity index (χ1) is 6.99. The normalized spacial score (nSPS) is 15.6. The predicted molar refractivity (Wildman–Crippen MR) is 68.2 cm³/mol. The van der Waals surface area contributed by atoms with Crippen LogP contribution in [-0.2, 0) is 9.53 Å². The molecule has 0 N–H and O–H groups in total. The Morgan fingerprint density at radius 2 is 1.56 bits per heavy atom. The third kappa shape index (κ3) is 4.38. The van der Waals surface area contributed by atoms with Crippen LogP contribution in [0.25, 0.3) is 0 Å². The molecule has 0 spiro atoms. The second-order valence-corrected chi connectivity index (χ2v) is 6.16. The molecular formula is C14H26O2. The zero-order chi connectivity index (χ0) is 13.1. The second kappa shape index (κ2) is 5.03. The lowest BCUT2D eigenvalue weighted by molar-refractivity contribution is -0.166. The molecule has 94 valence electrons. The van der Waals surface area contributed by atoms with Crippen molar-refractivity contribution in [1.82, 2.24) is 0 Å². The van der Waals surface area contributed by atoms with E-state index in [1.807, 2.05) is 61.5 Å². The molecule has 0 bridgehead atoms. The van der Waals surface area contributed by atoms with Crippen LogP contribution >= 0.6 is 0 Å². The van der Waals surface area contributed by atoms with Crippen LogP contribution in [0.2, 0.25) is 0 Å². The lowest BCUT2D eigenvalue weighted by Crippen LogP contribution is -2.38. The van der Waals surface area contributed by atoms with E-state index in [4.69, 9.17) is 4.74 Å². The Hall–Kier alpha value is -0.790. The Kier molecular flexibility index (Phi) is 4.78. The van der Waals surface area contributed by atoms with Gasteiger partial charge in [-0.3, -0.25) is 4.79 Å². The number of carbonyl (C=O) groups is 1. The van der Waals surface area contributed by atoms with Crippen LogP contribution in [0.3, 0.4) is 0 Å². The van der Waals surface area contributed by atoms with Gasteiger partial charge >= 0.3 is 5.97 Å². The van der Waals surface area contributed by atoms with Crippen molar-refractivity contribution < 1.29 is 9.53 Å². The molecule has 0 fully saturated rings. The molecule has 1 unspecified atom stereocenters. The molecule has 1 atom stereocenters. The summed E-state index contributed by atoms with van der Waals surface area (Å²) < 4.78 is 5.48. The van der Waals surface area contributed by atoms with Gasteiger partial charge in [-0.25, -0.2) is 0 Å². The quantitative estimate of drug-likeness (QED) is 0.538. The lowest BCUT2D eigenvalue weighted by Gasteiger charge is -2.32. The summed E-state index contributed by atoms with van der Waals surface area (Å²) in [5.74, 6) is 0.0773. The number of carbonyl (C=O) groups excluding carboxylic acids is 1. The maximum atomic E-state index is 12.2. The number of hydrogen-bond acceptors (Lipinski definition) is 2. The average Bonchev–Trinajstić information content (AvgIpc) is 1.98. The summed E-state index contributed by atoms with van der Waals surface area (Å²) in [5, 5.41) is 0. The van der Waals surface area contributed by atoms with Crippen molar-refractivity contribution in [3.63, 3.8) is 0 Å². The fourth-order valence-electron chi connectivity index (χ4n) is 1.45. The number of hydrogen-bond donors (Lipinski definition) is 0. The number of ether oxygens (including phenoxy) is 1. The fourth-order valence-corrected chi connectivity index (χ4v) is 1.45. The number of rotatable bonds is 3. The van der Waals surface area contributed by atoms with Crippen LogP contribution in [-0.4, -0.2) is 11.6 Å². The molecule has 2 nitrogen and oxygen atoms in total. The van der Waals surface area contributed by atoms with E-state index >= 15 is 0 Å². The minimum atomic E-state index is -0.536. The van der Waals surface area contributed by atoms with Crippen molar-refractivity contribution in [3.05, 3.63) is 11.6 Å². The molecule has 2 heteroatoms. The van der Waals surface area contributed by atoms with E-state index in [0.29, 0.717) is 0 Å². The van der Waals surface area contributed by atoms with E-state index in [1.54, 1.807) is 0 Å². The van der Waals surface area contributed by atoms with Gasteiger partial charge in [0.05, 0.1) is 5.41 Å². The van der Waals surface area contributed by atoms with Gasteiger partial charge in [-0.05, 0) is 47.5 Å². The van der Waals surface area contributed by atoms with E-state index in [2.05, 4.69) is 0 Å². The standard InChI is InChI=1S/C14H26O2/c1-10(2)9-14(8,11(3)4)12(15)16-13(5,6)7/h9,11H,1-8H3. The zero-order valence-electron chi connectivity index (χ0n) is 12.0. The third-order valence-corrected chi connectivity index (χ3v) is 2.63. The van der Waals surface area contributed by atoms with Gasteiger partial charge < -0.3 is 4.74 Å². The Balaban J connectivity index is 5.08. The van der Waals surface area contributed by atoms with Gasteiger partial charge in [0, 0.05) is 0 Å². The molecule has 0 aliphatic carbocycles. The van der Waals surface area contributed by atoms with Crippen LogP contribution in [0.15, 0.2) is 11.6 Å². The topological polar surface area (TPSA) is 26.3 Å². The summed E-state index contributed by atoms with van der Waals surface area (Å²) >= 11 is 0. The molecule has 0 aliphatic heterocycles. The van der Waals surface area contributed by atoms with Crippen LogP contribution in [0.1, 0.15) is 55.4 Å². The molecule has 0 rings (SSSR count). The molecule has 0 aromatic heterocycles. The fraction of sp³-hybridized carbons (Fsp3) is 0.786. The second-order valence-electron chi connectivity index (χ2n) is 6.16. The molecule has 0 radical (unpaired) electrons. The summed E-state index contributed by atoms with van der Waals surface area (Å²) in [6.07, 6.45) is 2.01. The third-order valence-electron chi connectivity index (χ3n) is 2.63. The first kappa shape index (κ1) is 15.2. The SMILES string of the molecule is CC(C)=CC(C)(C(=O)OC(C)(C)C)C(C)C. The molecule has 0 saturated heterocycles. The number of allylic oxidation sites excluding steroid dienone is 1. The van der Waals surface area contributed by atoms with Gasteiger partial charge in [-0.1, -0.05) is 25.5 Å². The van der Waals surface area contributed by atoms with Crippen LogP contribution < -0.4 is 0 Å². The van der Waals surface area contributed by atoms with Crippen molar-refractivity contribution >= 4 is 5.97 Å². The maximum absolute atomic E-state index is 12.2. The Labute approximate surface area is 100 Å². The lowest BCUT2D eigenvalue weighted by atomic mass is 9.78. The average molecular weight is 226 g/mol. The zero-order valence-corrected chi connectivity index (χ0v) is 12.0. The van der Waals surface area contributed by atoms with Gasteiger partial charge in [0.25, 0.3) is 0 Å². The molecule has 0 amide bonds. The molecule has 16 heavy (non-hydrogen) atoms. The highest BCUT2D eigenvalue weighted by Crippen LogP contribution is 2.33. The number of esters is 1. The van der Waals surface area contributed by atoms with E-state index in [1.165, 1.54) is 0 Å². The summed E-state index contributed by atoms with van der Waals surface area (Å²) in [5.41, 5.74) is 0.177. The Bertz CT molecular complexity index is 278. The minimum absolute atomic E-state index is 0.142. The van der Waals surface area contributed by atoms with Gasteiger partial charge in [-0.15, -0.1) is 0 Å². The van der Waals surface area contributed by atoms with Crippen LogP contribution in [0.4, 0.5) is 0 Å². The highest BCUT2D eigenvalue weighted by molar-refractivity contribution is 5.79. The summed E-state index contributed by atoms with van der Waals surface area (Å²) in [4.78, 5) is 12.2. The van der Waals surface area contributed by atoms with Gasteiger partial charge in [0.15, 0.2) is 0 Å². The van der Waals surface area contributed by atoms with Crippen molar-refractivity contribution in [2.45, 2.75) is 61.0 Å². The van der Waals surface area contributed by atoms with E-state index < -0.39 is 11.0 Å². The largest absolute Gasteiger partial charge is 0.459 e. The van der Waals surface area contributed by atoms with Crippen LogP contribution in [0.5, 0.6) is 0 Å². The Morgan fingerprint density at radius 1 is 1.12 bits per heavy atom. The van der Waals surface area contributed by atoms with Crippen molar-refractivity contribution in [3.8, 4) is 0 Å². The van der Waals surface area contributed by atoms with Crippen molar-refractivity contribution in [1.29, 1.82) is 0 Å². The molecule has 0 aromatic rings. The smallest absolute Gasteiger partial charge is 0.316 e. The predicted octanol–water partition coefficient (Wildman–Crippen LogP) is 3.96. The molecule has 0 saturated carbocycles.